The van der Waals surface area contributed by atoms with E-state index in [-0.39, 0.29) is 11.8 Å². The summed E-state index contributed by atoms with van der Waals surface area (Å²) in [6.07, 6.45) is 3.01. The molecule has 0 saturated carbocycles. The number of benzene rings is 2. The number of hydrogen-bond donors (Lipinski definition) is 2. The van der Waals surface area contributed by atoms with Gasteiger partial charge in [0.25, 0.3) is 0 Å². The number of rotatable bonds is 2. The van der Waals surface area contributed by atoms with Crippen molar-refractivity contribution in [3.05, 3.63) is 58.0 Å². The molecule has 1 aliphatic heterocycles. The number of hydrogen-bond acceptors (Lipinski definition) is 3. The maximum absolute atomic E-state index is 11.3. The molecule has 0 spiro atoms. The van der Waals surface area contributed by atoms with Gasteiger partial charge in [0.1, 0.15) is 11.9 Å². The van der Waals surface area contributed by atoms with Crippen LogP contribution in [0.2, 0.25) is 0 Å². The first-order valence-electron chi connectivity index (χ1n) is 7.23. The first-order chi connectivity index (χ1) is 10.7. The summed E-state index contributed by atoms with van der Waals surface area (Å²) in [5, 5.41) is 0. The number of aliphatic imine (C=N–C) groups is 1. The number of aromatic amines is 2. The minimum absolute atomic E-state index is 0.205. The second kappa shape index (κ2) is 4.87. The smallest absolute Gasteiger partial charge is 0.323 e. The van der Waals surface area contributed by atoms with Crippen molar-refractivity contribution in [1.29, 1.82) is 0 Å². The summed E-state index contributed by atoms with van der Waals surface area (Å²) in [7, 11) is 0. The Morgan fingerprint density at radius 1 is 1.18 bits per heavy atom. The fourth-order valence-electron chi connectivity index (χ4n) is 2.77. The van der Waals surface area contributed by atoms with E-state index in [4.69, 9.17) is 4.74 Å². The van der Waals surface area contributed by atoms with E-state index in [1.54, 1.807) is 0 Å². The van der Waals surface area contributed by atoms with Gasteiger partial charge in [0.15, 0.2) is 0 Å². The van der Waals surface area contributed by atoms with Crippen LogP contribution in [0.3, 0.4) is 0 Å². The summed E-state index contributed by atoms with van der Waals surface area (Å²) in [5.41, 5.74) is 4.40. The Kier molecular flexibility index (Phi) is 2.85. The third-order valence-electron chi connectivity index (χ3n) is 3.78. The SMILES string of the molecule is CC1Cc2cc(C=Nc3ccc4[nH]c(=O)[nH]c4c3)ccc2O1. The van der Waals surface area contributed by atoms with Crippen LogP contribution in [0.4, 0.5) is 5.69 Å². The lowest BCUT2D eigenvalue weighted by Gasteiger charge is -2.01. The Morgan fingerprint density at radius 3 is 2.95 bits per heavy atom. The average molecular weight is 293 g/mol. The van der Waals surface area contributed by atoms with Gasteiger partial charge in [-0.1, -0.05) is 0 Å². The van der Waals surface area contributed by atoms with E-state index < -0.39 is 0 Å². The molecule has 110 valence electrons. The van der Waals surface area contributed by atoms with E-state index in [0.29, 0.717) is 0 Å². The summed E-state index contributed by atoms with van der Waals surface area (Å²) in [6.45, 7) is 2.07. The third kappa shape index (κ3) is 2.30. The zero-order valence-corrected chi connectivity index (χ0v) is 12.1. The van der Waals surface area contributed by atoms with Crippen molar-refractivity contribution < 1.29 is 4.74 Å². The van der Waals surface area contributed by atoms with Gasteiger partial charge >= 0.3 is 5.69 Å². The van der Waals surface area contributed by atoms with Crippen molar-refractivity contribution in [3.8, 4) is 5.75 Å². The van der Waals surface area contributed by atoms with Crippen LogP contribution in [0.25, 0.3) is 11.0 Å². The summed E-state index contributed by atoms with van der Waals surface area (Å²) in [5.74, 6) is 0.968. The summed E-state index contributed by atoms with van der Waals surface area (Å²) < 4.78 is 5.69. The largest absolute Gasteiger partial charge is 0.490 e. The van der Waals surface area contributed by atoms with Gasteiger partial charge in [-0.15, -0.1) is 0 Å². The lowest BCUT2D eigenvalue weighted by atomic mass is 10.1. The number of nitrogens with one attached hydrogen (secondary N) is 2. The van der Waals surface area contributed by atoms with Gasteiger partial charge in [-0.05, 0) is 54.4 Å². The van der Waals surface area contributed by atoms with E-state index in [0.717, 1.165) is 34.5 Å². The molecule has 0 radical (unpaired) electrons. The summed E-state index contributed by atoms with van der Waals surface area (Å²) in [6, 6.07) is 11.7. The number of nitrogens with zero attached hydrogens (tertiary/aromatic N) is 1. The highest BCUT2D eigenvalue weighted by atomic mass is 16.5. The fraction of sp³-hybridized carbons (Fsp3) is 0.176. The van der Waals surface area contributed by atoms with Crippen LogP contribution in [-0.4, -0.2) is 22.3 Å². The van der Waals surface area contributed by atoms with Gasteiger partial charge in [0.05, 0.1) is 16.7 Å². The molecule has 3 aromatic rings. The molecule has 1 atom stereocenters. The number of H-pyrrole nitrogens is 2. The van der Waals surface area contributed by atoms with Crippen molar-refractivity contribution in [2.75, 3.05) is 0 Å². The maximum atomic E-state index is 11.3. The lowest BCUT2D eigenvalue weighted by molar-refractivity contribution is 0.254. The normalized spacial score (nSPS) is 17.0. The molecule has 22 heavy (non-hydrogen) atoms. The predicted octanol–water partition coefficient (Wildman–Crippen LogP) is 2.93. The van der Waals surface area contributed by atoms with Gasteiger partial charge in [0.2, 0.25) is 0 Å². The fourth-order valence-corrected chi connectivity index (χ4v) is 2.77. The number of imidazole rings is 1. The summed E-state index contributed by atoms with van der Waals surface area (Å²) in [4.78, 5) is 21.2. The quantitative estimate of drug-likeness (QED) is 0.713. The molecule has 0 amide bonds. The number of ether oxygens (including phenoxy) is 1. The van der Waals surface area contributed by atoms with Gasteiger partial charge < -0.3 is 14.7 Å². The van der Waals surface area contributed by atoms with E-state index in [9.17, 15) is 4.79 Å². The zero-order valence-electron chi connectivity index (χ0n) is 12.1. The van der Waals surface area contributed by atoms with Crippen molar-refractivity contribution in [1.82, 2.24) is 9.97 Å². The van der Waals surface area contributed by atoms with E-state index >= 15 is 0 Å². The predicted molar refractivity (Wildman–Crippen MR) is 86.4 cm³/mol. The van der Waals surface area contributed by atoms with Gasteiger partial charge in [-0.25, -0.2) is 4.79 Å². The number of aromatic nitrogens is 2. The Hall–Kier alpha value is -2.82. The standard InChI is InChI=1S/C17H15N3O2/c1-10-6-12-7-11(2-5-16(12)22-10)9-18-13-3-4-14-15(8-13)20-17(21)19-14/h2-5,7-10H,6H2,1H3,(H2,19,20,21). The minimum atomic E-state index is -0.205. The average Bonchev–Trinajstić information content (AvgIpc) is 3.04. The van der Waals surface area contributed by atoms with Crippen molar-refractivity contribution >= 4 is 22.9 Å². The molecule has 5 heteroatoms. The molecule has 5 nitrogen and oxygen atoms in total. The van der Waals surface area contributed by atoms with Crippen LogP contribution in [0.5, 0.6) is 5.75 Å². The highest BCUT2D eigenvalue weighted by molar-refractivity contribution is 5.85. The van der Waals surface area contributed by atoms with Crippen LogP contribution >= 0.6 is 0 Å². The third-order valence-corrected chi connectivity index (χ3v) is 3.78. The van der Waals surface area contributed by atoms with Gasteiger partial charge in [-0.2, -0.15) is 0 Å². The van der Waals surface area contributed by atoms with Gasteiger partial charge in [-0.3, -0.25) is 4.99 Å². The van der Waals surface area contributed by atoms with E-state index in [1.165, 1.54) is 5.56 Å². The van der Waals surface area contributed by atoms with Gasteiger partial charge in [0, 0.05) is 12.6 Å². The van der Waals surface area contributed by atoms with Crippen LogP contribution in [0.1, 0.15) is 18.1 Å². The van der Waals surface area contributed by atoms with Crippen LogP contribution < -0.4 is 10.4 Å². The first kappa shape index (κ1) is 12.9. The molecular formula is C17H15N3O2. The molecule has 0 bridgehead atoms. The molecule has 1 aliphatic rings. The Bertz CT molecular complexity index is 936. The van der Waals surface area contributed by atoms with Crippen LogP contribution in [0, 0.1) is 0 Å². The van der Waals surface area contributed by atoms with Crippen molar-refractivity contribution in [2.24, 2.45) is 4.99 Å². The van der Waals surface area contributed by atoms with Crippen LogP contribution in [0.15, 0.2) is 46.2 Å². The molecule has 0 fully saturated rings. The topological polar surface area (TPSA) is 70.2 Å². The molecule has 2 aromatic carbocycles. The monoisotopic (exact) mass is 293 g/mol. The highest BCUT2D eigenvalue weighted by Gasteiger charge is 2.18. The molecule has 2 heterocycles. The Balaban J connectivity index is 1.63. The molecule has 0 saturated heterocycles. The van der Waals surface area contributed by atoms with E-state index in [2.05, 4.69) is 28.0 Å². The molecule has 0 aliphatic carbocycles. The van der Waals surface area contributed by atoms with Crippen molar-refractivity contribution in [2.45, 2.75) is 19.4 Å². The second-order valence-corrected chi connectivity index (χ2v) is 5.57. The molecular weight excluding hydrogens is 278 g/mol. The molecule has 4 rings (SSSR count). The Labute approximate surface area is 126 Å². The maximum Gasteiger partial charge on any atom is 0.323 e. The second-order valence-electron chi connectivity index (χ2n) is 5.57. The number of fused-ring (bicyclic) bond motifs is 2. The molecule has 2 N–H and O–H groups in total. The van der Waals surface area contributed by atoms with Crippen molar-refractivity contribution in [3.63, 3.8) is 0 Å². The lowest BCUT2D eigenvalue weighted by Crippen LogP contribution is -2.05. The Morgan fingerprint density at radius 2 is 2.05 bits per heavy atom. The summed E-state index contributed by atoms with van der Waals surface area (Å²) >= 11 is 0. The first-order valence-corrected chi connectivity index (χ1v) is 7.23. The van der Waals surface area contributed by atoms with E-state index in [1.807, 2.05) is 36.5 Å². The molecule has 1 aromatic heterocycles. The minimum Gasteiger partial charge on any atom is -0.490 e. The molecule has 1 unspecified atom stereocenters. The van der Waals surface area contributed by atoms with Crippen LogP contribution in [-0.2, 0) is 6.42 Å². The zero-order chi connectivity index (χ0) is 15.1. The highest BCUT2D eigenvalue weighted by Crippen LogP contribution is 2.29.